The number of carbonyl (C=O) groups is 3. The Labute approximate surface area is 271 Å². The number of ether oxygens (including phenoxy) is 2. The van der Waals surface area contributed by atoms with E-state index in [1.165, 1.54) is 15.9 Å². The van der Waals surface area contributed by atoms with Crippen molar-refractivity contribution >= 4 is 18.0 Å². The second kappa shape index (κ2) is 12.7. The monoisotopic (exact) mass is 652 g/mol. The molecule has 0 aliphatic carbocycles. The third kappa shape index (κ3) is 6.34. The minimum absolute atomic E-state index is 0.0863. The van der Waals surface area contributed by atoms with Crippen LogP contribution in [-0.4, -0.2) is 68.8 Å². The molecular weight excluding hydrogens is 613 g/mol. The number of amides is 2. The summed E-state index contributed by atoms with van der Waals surface area (Å²) in [6, 6.07) is 8.77. The van der Waals surface area contributed by atoms with Gasteiger partial charge in [0.2, 0.25) is 0 Å². The van der Waals surface area contributed by atoms with E-state index in [1.807, 2.05) is 4.57 Å². The molecule has 1 fully saturated rings. The van der Waals surface area contributed by atoms with Crippen LogP contribution in [0.4, 0.5) is 18.0 Å². The maximum Gasteiger partial charge on any atom is 0.410 e. The van der Waals surface area contributed by atoms with Gasteiger partial charge < -0.3 is 23.8 Å². The quantitative estimate of drug-likeness (QED) is 0.262. The average Bonchev–Trinajstić information content (AvgIpc) is 3.73. The normalized spacial score (nSPS) is 20.0. The first-order valence-corrected chi connectivity index (χ1v) is 16.0. The van der Waals surface area contributed by atoms with Gasteiger partial charge in [0, 0.05) is 42.4 Å². The van der Waals surface area contributed by atoms with E-state index in [4.69, 9.17) is 9.47 Å². The topological polar surface area (TPSA) is 94.0 Å². The molecule has 3 atom stereocenters. The summed E-state index contributed by atoms with van der Waals surface area (Å²) in [5.41, 5.74) is 2.29. The Hall–Kier alpha value is -4.35. The first kappa shape index (κ1) is 32.6. The Bertz CT molecular complexity index is 1680. The van der Waals surface area contributed by atoms with Crippen LogP contribution >= 0.6 is 0 Å². The van der Waals surface area contributed by atoms with Gasteiger partial charge in [-0.1, -0.05) is 24.3 Å². The fraction of sp³-hybridized carbons (Fsp3) is 0.486. The van der Waals surface area contributed by atoms with Crippen molar-refractivity contribution < 1.29 is 37.0 Å². The van der Waals surface area contributed by atoms with Crippen LogP contribution < -0.4 is 0 Å². The molecule has 3 aliphatic heterocycles. The Morgan fingerprint density at radius 3 is 2.49 bits per heavy atom. The van der Waals surface area contributed by atoms with Gasteiger partial charge in [-0.25, -0.2) is 27.7 Å². The molecule has 2 amide bonds. The van der Waals surface area contributed by atoms with Crippen molar-refractivity contribution in [2.24, 2.45) is 0 Å². The van der Waals surface area contributed by atoms with Gasteiger partial charge >= 0.3 is 12.1 Å². The molecule has 1 saturated heterocycles. The van der Waals surface area contributed by atoms with Crippen LogP contribution in [0.1, 0.15) is 97.4 Å². The number of rotatable bonds is 7. The number of halogens is 3. The van der Waals surface area contributed by atoms with Gasteiger partial charge in [0.05, 0.1) is 25.2 Å². The number of aryl methyl sites for hydroxylation is 1. The summed E-state index contributed by atoms with van der Waals surface area (Å²) in [4.78, 5) is 46.7. The second-order valence-corrected chi connectivity index (χ2v) is 13.3. The van der Waals surface area contributed by atoms with E-state index >= 15 is 4.39 Å². The molecule has 12 heteroatoms. The molecule has 47 heavy (non-hydrogen) atoms. The first-order valence-electron chi connectivity index (χ1n) is 16.0. The van der Waals surface area contributed by atoms with E-state index in [0.717, 1.165) is 24.2 Å². The van der Waals surface area contributed by atoms with Crippen LogP contribution in [0.2, 0.25) is 0 Å². The number of hydrogen-bond acceptors (Lipinski definition) is 6. The number of esters is 1. The Balaban J connectivity index is 1.25. The highest BCUT2D eigenvalue weighted by atomic mass is 19.3. The minimum atomic E-state index is -2.86. The zero-order valence-corrected chi connectivity index (χ0v) is 27.0. The first-order chi connectivity index (χ1) is 22.4. The van der Waals surface area contributed by atoms with Crippen molar-refractivity contribution in [3.05, 3.63) is 76.4 Å². The predicted octanol–water partition coefficient (Wildman–Crippen LogP) is 6.76. The molecule has 3 aromatic rings. The van der Waals surface area contributed by atoms with Gasteiger partial charge in [-0.15, -0.1) is 0 Å². The fourth-order valence-electron chi connectivity index (χ4n) is 6.86. The molecular formula is C35H39F3N4O5. The minimum Gasteiger partial charge on any atom is -0.464 e. The van der Waals surface area contributed by atoms with Crippen molar-refractivity contribution in [1.29, 1.82) is 0 Å². The van der Waals surface area contributed by atoms with Gasteiger partial charge in [-0.3, -0.25) is 4.79 Å². The standard InChI is InChI=1S/C35H39F3N4O5/c1-5-46-33(44)30(29-28-7-6-13-41(28)19-39-29)42-17-26-24(31(37)38)15-22(16-25(26)32(42)43)20-8-10-21(11-9-20)23-12-14-40(18-27(23)36)34(45)47-35(2,3)4/h8-11,15-16,19,23,27,30-31H,5-7,12-14,17-18H2,1-4H3/t23-,27+,30+/m0/s1. The number of alkyl halides is 3. The third-order valence-corrected chi connectivity index (χ3v) is 9.08. The summed E-state index contributed by atoms with van der Waals surface area (Å²) in [7, 11) is 0. The highest BCUT2D eigenvalue weighted by Gasteiger charge is 2.43. The Kier molecular flexibility index (Phi) is 8.80. The van der Waals surface area contributed by atoms with Crippen LogP contribution in [0.3, 0.4) is 0 Å². The van der Waals surface area contributed by atoms with Crippen molar-refractivity contribution in [2.75, 3.05) is 19.7 Å². The van der Waals surface area contributed by atoms with Gasteiger partial charge in [-0.05, 0) is 81.3 Å². The number of aromatic nitrogens is 2. The molecule has 0 saturated carbocycles. The largest absolute Gasteiger partial charge is 0.464 e. The average molecular weight is 653 g/mol. The van der Waals surface area contributed by atoms with Crippen LogP contribution in [0, 0.1) is 0 Å². The molecule has 0 radical (unpaired) electrons. The molecule has 250 valence electrons. The molecule has 1 aromatic heterocycles. The number of fused-ring (bicyclic) bond motifs is 2. The predicted molar refractivity (Wildman–Crippen MR) is 167 cm³/mol. The molecule has 6 rings (SSSR count). The van der Waals surface area contributed by atoms with E-state index in [9.17, 15) is 23.2 Å². The van der Waals surface area contributed by atoms with Crippen molar-refractivity contribution in [3.8, 4) is 11.1 Å². The molecule has 9 nitrogen and oxygen atoms in total. The number of carbonyl (C=O) groups excluding carboxylic acids is 3. The molecule has 0 unspecified atom stereocenters. The maximum atomic E-state index is 15.3. The summed E-state index contributed by atoms with van der Waals surface area (Å²) in [5, 5.41) is 0. The molecule has 3 aliphatic rings. The Morgan fingerprint density at radius 2 is 1.83 bits per heavy atom. The Morgan fingerprint density at radius 1 is 1.09 bits per heavy atom. The highest BCUT2D eigenvalue weighted by Crippen LogP contribution is 2.41. The number of nitrogens with zero attached hydrogens (tertiary/aromatic N) is 4. The van der Waals surface area contributed by atoms with Gasteiger partial charge in [0.15, 0.2) is 6.04 Å². The lowest BCUT2D eigenvalue weighted by molar-refractivity contribution is -0.149. The fourth-order valence-corrected chi connectivity index (χ4v) is 6.86. The van der Waals surface area contributed by atoms with E-state index in [0.29, 0.717) is 36.2 Å². The highest BCUT2D eigenvalue weighted by molar-refractivity contribution is 6.02. The number of imidazole rings is 1. The SMILES string of the molecule is CCOC(=O)[C@@H](c1ncn2c1CCC2)N1Cc2c(cc(-c3ccc([C@@H]4CCN(C(=O)OC(C)(C)C)C[C@H]4F)cc3)cc2C(F)F)C1=O. The summed E-state index contributed by atoms with van der Waals surface area (Å²) in [6.45, 7) is 7.87. The van der Waals surface area contributed by atoms with Gasteiger partial charge in [-0.2, -0.15) is 0 Å². The number of hydrogen-bond donors (Lipinski definition) is 0. The van der Waals surface area contributed by atoms with Crippen LogP contribution in [-0.2, 0) is 33.8 Å². The molecule has 0 bridgehead atoms. The molecule has 2 aromatic carbocycles. The van der Waals surface area contributed by atoms with Crippen molar-refractivity contribution in [2.45, 2.75) is 90.2 Å². The summed E-state index contributed by atoms with van der Waals surface area (Å²) in [6.07, 6.45) is -1.11. The van der Waals surface area contributed by atoms with Gasteiger partial charge in [0.1, 0.15) is 11.8 Å². The summed E-state index contributed by atoms with van der Waals surface area (Å²) < 4.78 is 57.0. The smallest absolute Gasteiger partial charge is 0.410 e. The maximum absolute atomic E-state index is 15.3. The lowest BCUT2D eigenvalue weighted by Gasteiger charge is -2.35. The zero-order chi connectivity index (χ0) is 33.6. The van der Waals surface area contributed by atoms with E-state index in [-0.39, 0.29) is 36.4 Å². The summed E-state index contributed by atoms with van der Waals surface area (Å²) in [5.74, 6) is -1.64. The summed E-state index contributed by atoms with van der Waals surface area (Å²) >= 11 is 0. The lowest BCUT2D eigenvalue weighted by Crippen LogP contribution is -2.46. The van der Waals surface area contributed by atoms with Crippen molar-refractivity contribution in [3.63, 3.8) is 0 Å². The van der Waals surface area contributed by atoms with Crippen LogP contribution in [0.5, 0.6) is 0 Å². The van der Waals surface area contributed by atoms with E-state index in [1.54, 1.807) is 64.4 Å². The van der Waals surface area contributed by atoms with Crippen LogP contribution in [0.15, 0.2) is 42.7 Å². The third-order valence-electron chi connectivity index (χ3n) is 9.08. The van der Waals surface area contributed by atoms with Gasteiger partial charge in [0.25, 0.3) is 12.3 Å². The number of piperidine rings is 1. The number of benzene rings is 2. The van der Waals surface area contributed by atoms with Crippen molar-refractivity contribution in [1.82, 2.24) is 19.4 Å². The zero-order valence-electron chi connectivity index (χ0n) is 27.0. The molecule has 0 N–H and O–H groups in total. The van der Waals surface area contributed by atoms with E-state index in [2.05, 4.69) is 4.98 Å². The molecule has 4 heterocycles. The van der Waals surface area contributed by atoms with E-state index < -0.39 is 48.1 Å². The molecule has 0 spiro atoms. The lowest BCUT2D eigenvalue weighted by atomic mass is 9.87. The second-order valence-electron chi connectivity index (χ2n) is 13.3. The van der Waals surface area contributed by atoms with Crippen LogP contribution in [0.25, 0.3) is 11.1 Å². The number of likely N-dealkylation sites (tertiary alicyclic amines) is 1.